The molecule has 5 rings (SSSR count). The number of carbonyl (C=O) groups excluding carboxylic acids is 1. The van der Waals surface area contributed by atoms with E-state index in [9.17, 15) is 14.0 Å². The summed E-state index contributed by atoms with van der Waals surface area (Å²) >= 11 is 0. The van der Waals surface area contributed by atoms with Gasteiger partial charge in [0.25, 0.3) is 11.5 Å². The second-order valence-electron chi connectivity index (χ2n) is 7.87. The summed E-state index contributed by atoms with van der Waals surface area (Å²) < 4.78 is 16.6. The van der Waals surface area contributed by atoms with E-state index < -0.39 is 0 Å². The molecule has 0 radical (unpaired) electrons. The van der Waals surface area contributed by atoms with Gasteiger partial charge < -0.3 is 14.0 Å². The number of aromatic nitrogens is 3. The molecule has 0 saturated heterocycles. The molecule has 0 fully saturated rings. The van der Waals surface area contributed by atoms with Gasteiger partial charge >= 0.3 is 0 Å². The molecule has 0 saturated carbocycles. The van der Waals surface area contributed by atoms with E-state index >= 15 is 0 Å². The predicted molar refractivity (Wildman–Crippen MR) is 119 cm³/mol. The number of carbonyl (C=O) groups is 1. The first-order valence-electron chi connectivity index (χ1n) is 10.4. The van der Waals surface area contributed by atoms with Gasteiger partial charge in [0.05, 0.1) is 12.0 Å². The molecule has 0 aliphatic carbocycles. The van der Waals surface area contributed by atoms with Crippen molar-refractivity contribution in [3.8, 4) is 16.8 Å². The standard InChI is InChI=1S/C25H21FN4O2/c1-17-14-29(16-27-17)22-10-11-23-24(31)28(12-13-30(23)25(22)32)15-19-4-2-3-5-21(19)18-6-8-20(26)9-7-18/h2-11,14,16H,12-13,15H2,1H3. The van der Waals surface area contributed by atoms with E-state index in [-0.39, 0.29) is 17.3 Å². The maximum atomic E-state index is 13.4. The molecule has 0 unspecified atom stereocenters. The maximum Gasteiger partial charge on any atom is 0.275 e. The van der Waals surface area contributed by atoms with Gasteiger partial charge in [-0.1, -0.05) is 36.4 Å². The van der Waals surface area contributed by atoms with Crippen LogP contribution in [-0.4, -0.2) is 31.5 Å². The molecule has 0 N–H and O–H groups in total. The van der Waals surface area contributed by atoms with E-state index in [1.165, 1.54) is 16.7 Å². The summed E-state index contributed by atoms with van der Waals surface area (Å²) in [6.45, 7) is 3.11. The minimum Gasteiger partial charge on any atom is -0.331 e. The number of amides is 1. The summed E-state index contributed by atoms with van der Waals surface area (Å²) in [6, 6.07) is 17.5. The summed E-state index contributed by atoms with van der Waals surface area (Å²) in [5, 5.41) is 0. The first kappa shape index (κ1) is 19.9. The fraction of sp³-hybridized carbons (Fsp3) is 0.160. The fourth-order valence-electron chi connectivity index (χ4n) is 4.14. The van der Waals surface area contributed by atoms with Crippen LogP contribution in [0.1, 0.15) is 21.7 Å². The van der Waals surface area contributed by atoms with E-state index in [0.29, 0.717) is 31.0 Å². The smallest absolute Gasteiger partial charge is 0.275 e. The van der Waals surface area contributed by atoms with E-state index in [4.69, 9.17) is 0 Å². The first-order valence-corrected chi connectivity index (χ1v) is 10.4. The first-order chi connectivity index (χ1) is 15.5. The van der Waals surface area contributed by atoms with Crippen LogP contribution in [0.15, 0.2) is 78.0 Å². The van der Waals surface area contributed by atoms with Gasteiger partial charge in [0, 0.05) is 25.8 Å². The Kier molecular flexibility index (Phi) is 4.93. The lowest BCUT2D eigenvalue weighted by Crippen LogP contribution is -2.44. The Hall–Kier alpha value is -4.00. The molecule has 4 aromatic rings. The number of benzene rings is 2. The van der Waals surface area contributed by atoms with Crippen molar-refractivity contribution >= 4 is 5.91 Å². The topological polar surface area (TPSA) is 60.1 Å². The minimum absolute atomic E-state index is 0.185. The number of hydrogen-bond acceptors (Lipinski definition) is 3. The highest BCUT2D eigenvalue weighted by atomic mass is 19.1. The summed E-state index contributed by atoms with van der Waals surface area (Å²) in [5.41, 5.74) is 4.26. The van der Waals surface area contributed by atoms with Gasteiger partial charge in [-0.25, -0.2) is 9.37 Å². The highest BCUT2D eigenvalue weighted by Gasteiger charge is 2.27. The van der Waals surface area contributed by atoms with Gasteiger partial charge in [-0.05, 0) is 47.9 Å². The highest BCUT2D eigenvalue weighted by Crippen LogP contribution is 2.26. The zero-order valence-electron chi connectivity index (χ0n) is 17.5. The van der Waals surface area contributed by atoms with E-state index in [2.05, 4.69) is 4.98 Å². The average Bonchev–Trinajstić information content (AvgIpc) is 3.23. The van der Waals surface area contributed by atoms with Gasteiger partial charge in [-0.2, -0.15) is 0 Å². The molecule has 6 nitrogen and oxygen atoms in total. The number of imidazole rings is 1. The Labute approximate surface area is 184 Å². The number of hydrogen-bond donors (Lipinski definition) is 0. The Bertz CT molecular complexity index is 1370. The number of pyridine rings is 1. The van der Waals surface area contributed by atoms with Gasteiger partial charge in [0.1, 0.15) is 17.2 Å². The Balaban J connectivity index is 1.45. The van der Waals surface area contributed by atoms with Crippen molar-refractivity contribution in [3.63, 3.8) is 0 Å². The minimum atomic E-state index is -0.287. The van der Waals surface area contributed by atoms with Crippen LogP contribution in [0.25, 0.3) is 16.8 Å². The van der Waals surface area contributed by atoms with Crippen LogP contribution >= 0.6 is 0 Å². The van der Waals surface area contributed by atoms with E-state index in [1.807, 2.05) is 31.2 Å². The highest BCUT2D eigenvalue weighted by molar-refractivity contribution is 5.93. The lowest BCUT2D eigenvalue weighted by Gasteiger charge is -2.30. The Morgan fingerprint density at radius 2 is 1.75 bits per heavy atom. The monoisotopic (exact) mass is 428 g/mol. The average molecular weight is 428 g/mol. The molecule has 1 amide bonds. The van der Waals surface area contributed by atoms with Crippen molar-refractivity contribution < 1.29 is 9.18 Å². The summed E-state index contributed by atoms with van der Waals surface area (Å²) in [7, 11) is 0. The van der Waals surface area contributed by atoms with Crippen LogP contribution in [0.3, 0.4) is 0 Å². The van der Waals surface area contributed by atoms with Crippen LogP contribution in [0.2, 0.25) is 0 Å². The van der Waals surface area contributed by atoms with Crippen LogP contribution in [0, 0.1) is 12.7 Å². The Morgan fingerprint density at radius 3 is 2.50 bits per heavy atom. The van der Waals surface area contributed by atoms with Gasteiger partial charge in [0.2, 0.25) is 0 Å². The molecule has 1 aliphatic rings. The van der Waals surface area contributed by atoms with E-state index in [1.54, 1.807) is 46.3 Å². The lowest BCUT2D eigenvalue weighted by atomic mass is 9.99. The molecule has 160 valence electrons. The molecule has 2 aromatic heterocycles. The molecule has 32 heavy (non-hydrogen) atoms. The number of rotatable bonds is 4. The number of nitrogens with zero attached hydrogens (tertiary/aromatic N) is 4. The molecular weight excluding hydrogens is 407 g/mol. The largest absolute Gasteiger partial charge is 0.331 e. The van der Waals surface area contributed by atoms with Crippen molar-refractivity contribution in [1.82, 2.24) is 19.0 Å². The zero-order valence-corrected chi connectivity index (χ0v) is 17.5. The third-order valence-corrected chi connectivity index (χ3v) is 5.78. The van der Waals surface area contributed by atoms with Crippen molar-refractivity contribution in [2.24, 2.45) is 0 Å². The third kappa shape index (κ3) is 3.51. The molecule has 0 atom stereocenters. The summed E-state index contributed by atoms with van der Waals surface area (Å²) in [5.74, 6) is -0.472. The van der Waals surface area contributed by atoms with Crippen LogP contribution in [0.5, 0.6) is 0 Å². The maximum absolute atomic E-state index is 13.4. The SMILES string of the molecule is Cc1cn(-c2ccc3n(c2=O)CCN(Cc2ccccc2-c2ccc(F)cc2)C3=O)cn1. The third-order valence-electron chi connectivity index (χ3n) is 5.78. The molecule has 3 heterocycles. The van der Waals surface area contributed by atoms with Gasteiger partial charge in [-0.15, -0.1) is 0 Å². The van der Waals surface area contributed by atoms with Gasteiger partial charge in [0.15, 0.2) is 0 Å². The number of fused-ring (bicyclic) bond motifs is 1. The van der Waals surface area contributed by atoms with Crippen molar-refractivity contribution in [3.05, 3.63) is 106 Å². The van der Waals surface area contributed by atoms with Crippen molar-refractivity contribution in [2.75, 3.05) is 6.54 Å². The fourth-order valence-corrected chi connectivity index (χ4v) is 4.14. The summed E-state index contributed by atoms with van der Waals surface area (Å²) in [4.78, 5) is 32.2. The van der Waals surface area contributed by atoms with Crippen LogP contribution in [0.4, 0.5) is 4.39 Å². The predicted octanol–water partition coefficient (Wildman–Crippen LogP) is 3.80. The zero-order chi connectivity index (χ0) is 22.2. The normalized spacial score (nSPS) is 13.3. The molecular formula is C25H21FN4O2. The number of aryl methyl sites for hydroxylation is 1. The lowest BCUT2D eigenvalue weighted by molar-refractivity contribution is 0.0687. The molecule has 0 spiro atoms. The van der Waals surface area contributed by atoms with Crippen molar-refractivity contribution in [1.29, 1.82) is 0 Å². The second-order valence-corrected chi connectivity index (χ2v) is 7.87. The second kappa shape index (κ2) is 7.92. The van der Waals surface area contributed by atoms with Crippen molar-refractivity contribution in [2.45, 2.75) is 20.0 Å². The number of halogens is 1. The van der Waals surface area contributed by atoms with Crippen LogP contribution < -0.4 is 5.56 Å². The molecule has 0 bridgehead atoms. The molecule has 2 aromatic carbocycles. The molecule has 7 heteroatoms. The summed E-state index contributed by atoms with van der Waals surface area (Å²) in [6.07, 6.45) is 3.38. The Morgan fingerprint density at radius 1 is 0.969 bits per heavy atom. The molecule has 1 aliphatic heterocycles. The van der Waals surface area contributed by atoms with Crippen LogP contribution in [-0.2, 0) is 13.1 Å². The quantitative estimate of drug-likeness (QED) is 0.497. The van der Waals surface area contributed by atoms with E-state index in [0.717, 1.165) is 22.4 Å². The van der Waals surface area contributed by atoms with Gasteiger partial charge in [-0.3, -0.25) is 9.59 Å².